The molecule has 0 aliphatic carbocycles. The van der Waals surface area contributed by atoms with E-state index in [0.717, 1.165) is 14.8 Å². The lowest BCUT2D eigenvalue weighted by molar-refractivity contribution is -0.113. The highest BCUT2D eigenvalue weighted by molar-refractivity contribution is 8.00. The Morgan fingerprint density at radius 3 is 2.21 bits per heavy atom. The first-order valence-electron chi connectivity index (χ1n) is 8.97. The number of aryl methyl sites for hydroxylation is 1. The van der Waals surface area contributed by atoms with Crippen LogP contribution in [0.4, 0.5) is 5.69 Å². The molecule has 0 fully saturated rings. The van der Waals surface area contributed by atoms with Crippen LogP contribution in [0.15, 0.2) is 52.3 Å². The number of amides is 1. The van der Waals surface area contributed by atoms with Gasteiger partial charge in [0.2, 0.25) is 15.9 Å². The molecule has 5 nitrogen and oxygen atoms in total. The molecule has 0 saturated heterocycles. The summed E-state index contributed by atoms with van der Waals surface area (Å²) in [6.07, 6.45) is 0. The topological polar surface area (TPSA) is 66.5 Å². The standard InChI is InChI=1S/C21H28N2O3S2/c1-15-7-12-18(28(25,26)23(5)6)13-19(15)22-20(24)14-27-17-10-8-16(9-11-17)21(2,3)4/h7-13H,14H2,1-6H3,(H,22,24). The van der Waals surface area contributed by atoms with Crippen LogP contribution in [-0.4, -0.2) is 38.5 Å². The van der Waals surface area contributed by atoms with Gasteiger partial charge in [0.15, 0.2) is 0 Å². The van der Waals surface area contributed by atoms with Crippen LogP contribution in [0.2, 0.25) is 0 Å². The van der Waals surface area contributed by atoms with Crippen molar-refractivity contribution in [3.8, 4) is 0 Å². The van der Waals surface area contributed by atoms with E-state index < -0.39 is 10.0 Å². The molecule has 2 aromatic carbocycles. The Balaban J connectivity index is 2.05. The minimum absolute atomic E-state index is 0.0933. The molecule has 2 rings (SSSR count). The van der Waals surface area contributed by atoms with Crippen LogP contribution in [-0.2, 0) is 20.2 Å². The number of anilines is 1. The maximum Gasteiger partial charge on any atom is 0.242 e. The fourth-order valence-corrected chi connectivity index (χ4v) is 4.12. The van der Waals surface area contributed by atoms with Crippen LogP contribution < -0.4 is 5.32 Å². The summed E-state index contributed by atoms with van der Waals surface area (Å²) in [7, 11) is -0.584. The van der Waals surface area contributed by atoms with Gasteiger partial charge in [0.1, 0.15) is 0 Å². The van der Waals surface area contributed by atoms with Crippen molar-refractivity contribution in [3.05, 3.63) is 53.6 Å². The Kier molecular flexibility index (Phi) is 6.96. The first-order chi connectivity index (χ1) is 12.9. The number of carbonyl (C=O) groups excluding carboxylic acids is 1. The molecule has 1 N–H and O–H groups in total. The molecule has 0 atom stereocenters. The quantitative estimate of drug-likeness (QED) is 0.709. The molecule has 0 unspecified atom stereocenters. The molecule has 0 heterocycles. The number of carbonyl (C=O) groups is 1. The van der Waals surface area contributed by atoms with E-state index >= 15 is 0 Å². The van der Waals surface area contributed by atoms with Gasteiger partial charge in [0.05, 0.1) is 10.6 Å². The summed E-state index contributed by atoms with van der Waals surface area (Å²) in [5.74, 6) is 0.0753. The number of sulfonamides is 1. The summed E-state index contributed by atoms with van der Waals surface area (Å²) in [5, 5.41) is 2.82. The fourth-order valence-electron chi connectivity index (χ4n) is 2.49. The summed E-state index contributed by atoms with van der Waals surface area (Å²) < 4.78 is 25.8. The Morgan fingerprint density at radius 2 is 1.68 bits per heavy atom. The Morgan fingerprint density at radius 1 is 1.07 bits per heavy atom. The van der Waals surface area contributed by atoms with Crippen molar-refractivity contribution in [2.24, 2.45) is 0 Å². The average molecular weight is 421 g/mol. The van der Waals surface area contributed by atoms with E-state index in [0.29, 0.717) is 5.69 Å². The third-order valence-corrected chi connectivity index (χ3v) is 7.18. The summed E-state index contributed by atoms with van der Waals surface area (Å²) >= 11 is 1.45. The molecule has 7 heteroatoms. The SMILES string of the molecule is Cc1ccc(S(=O)(=O)N(C)C)cc1NC(=O)CSc1ccc(C(C)(C)C)cc1. The zero-order valence-corrected chi connectivity index (χ0v) is 18.9. The zero-order valence-electron chi connectivity index (χ0n) is 17.2. The number of nitrogens with one attached hydrogen (secondary N) is 1. The molecule has 0 aliphatic heterocycles. The Bertz CT molecular complexity index is 945. The summed E-state index contributed by atoms with van der Waals surface area (Å²) in [4.78, 5) is 13.5. The van der Waals surface area contributed by atoms with Crippen LogP contribution in [0.3, 0.4) is 0 Å². The average Bonchev–Trinajstić information content (AvgIpc) is 2.61. The van der Waals surface area contributed by atoms with E-state index in [2.05, 4.69) is 38.2 Å². The van der Waals surface area contributed by atoms with Gasteiger partial charge < -0.3 is 5.32 Å². The third kappa shape index (κ3) is 5.59. The molecule has 0 aromatic heterocycles. The van der Waals surface area contributed by atoms with Crippen molar-refractivity contribution in [2.45, 2.75) is 42.9 Å². The van der Waals surface area contributed by atoms with Crippen molar-refractivity contribution in [1.29, 1.82) is 0 Å². The van der Waals surface area contributed by atoms with Crippen LogP contribution in [0.1, 0.15) is 31.9 Å². The highest BCUT2D eigenvalue weighted by Gasteiger charge is 2.19. The second kappa shape index (κ2) is 8.68. The molecular formula is C21H28N2O3S2. The predicted octanol–water partition coefficient (Wildman–Crippen LogP) is 4.27. The lowest BCUT2D eigenvalue weighted by Gasteiger charge is -2.19. The van der Waals surface area contributed by atoms with Crippen molar-refractivity contribution >= 4 is 33.4 Å². The van der Waals surface area contributed by atoms with Crippen molar-refractivity contribution in [2.75, 3.05) is 25.2 Å². The summed E-state index contributed by atoms with van der Waals surface area (Å²) in [5.41, 5.74) is 2.66. The number of hydrogen-bond donors (Lipinski definition) is 1. The van der Waals surface area contributed by atoms with E-state index in [1.165, 1.54) is 37.5 Å². The van der Waals surface area contributed by atoms with Gasteiger partial charge in [0, 0.05) is 24.7 Å². The van der Waals surface area contributed by atoms with Gasteiger partial charge in [-0.15, -0.1) is 11.8 Å². The molecule has 0 bridgehead atoms. The third-order valence-electron chi connectivity index (χ3n) is 4.35. The summed E-state index contributed by atoms with van der Waals surface area (Å²) in [6.45, 7) is 8.32. The molecule has 0 spiro atoms. The lowest BCUT2D eigenvalue weighted by Crippen LogP contribution is -2.22. The lowest BCUT2D eigenvalue weighted by atomic mass is 9.87. The van der Waals surface area contributed by atoms with Crippen LogP contribution in [0.25, 0.3) is 0 Å². The van der Waals surface area contributed by atoms with Crippen LogP contribution in [0, 0.1) is 6.92 Å². The van der Waals surface area contributed by atoms with E-state index in [-0.39, 0.29) is 22.0 Å². The number of hydrogen-bond acceptors (Lipinski definition) is 4. The highest BCUT2D eigenvalue weighted by atomic mass is 32.2. The second-order valence-corrected chi connectivity index (χ2v) is 11.1. The highest BCUT2D eigenvalue weighted by Crippen LogP contribution is 2.26. The van der Waals surface area contributed by atoms with Crippen molar-refractivity contribution < 1.29 is 13.2 Å². The minimum Gasteiger partial charge on any atom is -0.325 e. The Hall–Kier alpha value is -1.83. The van der Waals surface area contributed by atoms with Crippen molar-refractivity contribution in [3.63, 3.8) is 0 Å². The molecular weight excluding hydrogens is 392 g/mol. The van der Waals surface area contributed by atoms with Gasteiger partial charge in [-0.2, -0.15) is 0 Å². The van der Waals surface area contributed by atoms with Gasteiger partial charge >= 0.3 is 0 Å². The fraction of sp³-hybridized carbons (Fsp3) is 0.381. The number of rotatable bonds is 6. The molecule has 0 aliphatic rings. The van der Waals surface area contributed by atoms with Crippen LogP contribution >= 0.6 is 11.8 Å². The maximum absolute atomic E-state index is 12.4. The van der Waals surface area contributed by atoms with Gasteiger partial charge in [-0.25, -0.2) is 12.7 Å². The van der Waals surface area contributed by atoms with Gasteiger partial charge in [-0.1, -0.05) is 39.0 Å². The maximum atomic E-state index is 12.4. The van der Waals surface area contributed by atoms with Crippen molar-refractivity contribution in [1.82, 2.24) is 4.31 Å². The Labute approximate surface area is 172 Å². The molecule has 1 amide bonds. The van der Waals surface area contributed by atoms with E-state index in [1.54, 1.807) is 12.1 Å². The number of nitrogens with zero attached hydrogens (tertiary/aromatic N) is 1. The zero-order chi connectivity index (χ0) is 21.1. The molecule has 152 valence electrons. The molecule has 2 aromatic rings. The smallest absolute Gasteiger partial charge is 0.242 e. The first kappa shape index (κ1) is 22.5. The number of benzene rings is 2. The minimum atomic E-state index is -3.55. The number of thioether (sulfide) groups is 1. The van der Waals surface area contributed by atoms with E-state index in [4.69, 9.17) is 0 Å². The van der Waals surface area contributed by atoms with Gasteiger partial charge in [-0.3, -0.25) is 4.79 Å². The first-order valence-corrected chi connectivity index (χ1v) is 11.4. The largest absolute Gasteiger partial charge is 0.325 e. The molecule has 0 saturated carbocycles. The normalized spacial score (nSPS) is 12.2. The molecule has 28 heavy (non-hydrogen) atoms. The molecule has 0 radical (unpaired) electrons. The second-order valence-electron chi connectivity index (χ2n) is 7.88. The predicted molar refractivity (Wildman–Crippen MR) is 117 cm³/mol. The van der Waals surface area contributed by atoms with Gasteiger partial charge in [0.25, 0.3) is 0 Å². The summed E-state index contributed by atoms with van der Waals surface area (Å²) in [6, 6.07) is 13.0. The van der Waals surface area contributed by atoms with E-state index in [9.17, 15) is 13.2 Å². The van der Waals surface area contributed by atoms with Crippen LogP contribution in [0.5, 0.6) is 0 Å². The van der Waals surface area contributed by atoms with E-state index in [1.807, 2.05) is 19.1 Å². The monoisotopic (exact) mass is 420 g/mol. The van der Waals surface area contributed by atoms with Gasteiger partial charge in [-0.05, 0) is 47.7 Å².